The fourth-order valence-electron chi connectivity index (χ4n) is 3.02. The van der Waals surface area contributed by atoms with Crippen molar-refractivity contribution in [3.8, 4) is 5.75 Å². The summed E-state index contributed by atoms with van der Waals surface area (Å²) in [6, 6.07) is 10.9. The van der Waals surface area contributed by atoms with Crippen LogP contribution in [-0.4, -0.2) is 46.7 Å². The van der Waals surface area contributed by atoms with Crippen LogP contribution in [0.25, 0.3) is 0 Å². The van der Waals surface area contributed by atoms with Crippen LogP contribution in [0.2, 0.25) is 0 Å². The highest BCUT2D eigenvalue weighted by atomic mass is 16.5. The highest BCUT2D eigenvalue weighted by Crippen LogP contribution is 2.18. The van der Waals surface area contributed by atoms with Crippen LogP contribution in [0, 0.1) is 0 Å². The normalized spacial score (nSPS) is 13.9. The number of benzene rings is 1. The maximum atomic E-state index is 12.5. The second-order valence-corrected chi connectivity index (χ2v) is 6.73. The Kier molecular flexibility index (Phi) is 5.71. The number of pyridine rings is 1. The molecule has 29 heavy (non-hydrogen) atoms. The van der Waals surface area contributed by atoms with Crippen LogP contribution in [0.5, 0.6) is 5.75 Å². The molecule has 1 aliphatic rings. The Morgan fingerprint density at radius 2 is 1.93 bits per heavy atom. The number of anilines is 2. The van der Waals surface area contributed by atoms with Gasteiger partial charge in [-0.3, -0.25) is 4.79 Å². The van der Waals surface area contributed by atoms with Gasteiger partial charge in [0.1, 0.15) is 24.0 Å². The number of morpholine rings is 1. The molecule has 1 fully saturated rings. The van der Waals surface area contributed by atoms with Gasteiger partial charge in [-0.1, -0.05) is 0 Å². The number of hydrogen-bond acceptors (Lipinski definition) is 6. The lowest BCUT2D eigenvalue weighted by atomic mass is 10.2. The summed E-state index contributed by atoms with van der Waals surface area (Å²) in [5.74, 6) is 2.21. The number of aryl methyl sites for hydroxylation is 1. The maximum absolute atomic E-state index is 12.5. The van der Waals surface area contributed by atoms with Crippen LogP contribution >= 0.6 is 0 Å². The molecule has 1 aliphatic heterocycles. The summed E-state index contributed by atoms with van der Waals surface area (Å²) in [5, 5.41) is 2.88. The van der Waals surface area contributed by atoms with Gasteiger partial charge in [0, 0.05) is 44.4 Å². The number of hydrogen-bond donors (Lipinski definition) is 1. The molecule has 3 aromatic rings. The molecule has 4 rings (SSSR count). The molecule has 0 radical (unpaired) electrons. The van der Waals surface area contributed by atoms with E-state index in [1.807, 2.05) is 36.0 Å². The Bertz CT molecular complexity index is 947. The van der Waals surface area contributed by atoms with Crippen LogP contribution < -0.4 is 15.0 Å². The van der Waals surface area contributed by atoms with Crippen LogP contribution in [0.4, 0.5) is 11.5 Å². The zero-order valence-electron chi connectivity index (χ0n) is 16.2. The third kappa shape index (κ3) is 4.72. The van der Waals surface area contributed by atoms with Gasteiger partial charge in [-0.15, -0.1) is 0 Å². The third-order valence-electron chi connectivity index (χ3n) is 4.75. The average molecular weight is 393 g/mol. The van der Waals surface area contributed by atoms with E-state index in [0.29, 0.717) is 36.8 Å². The van der Waals surface area contributed by atoms with Crippen molar-refractivity contribution in [2.75, 3.05) is 36.5 Å². The van der Waals surface area contributed by atoms with Gasteiger partial charge < -0.3 is 24.3 Å². The van der Waals surface area contributed by atoms with E-state index < -0.39 is 0 Å². The van der Waals surface area contributed by atoms with Crippen molar-refractivity contribution < 1.29 is 14.3 Å². The van der Waals surface area contributed by atoms with Gasteiger partial charge in [0.05, 0.1) is 18.8 Å². The van der Waals surface area contributed by atoms with Gasteiger partial charge in [-0.2, -0.15) is 0 Å². The predicted octanol–water partition coefficient (Wildman–Crippen LogP) is 2.48. The van der Waals surface area contributed by atoms with Crippen molar-refractivity contribution in [2.45, 2.75) is 6.61 Å². The number of rotatable bonds is 6. The largest absolute Gasteiger partial charge is 0.486 e. The molecule has 1 saturated heterocycles. The fraction of sp³-hybridized carbons (Fsp3) is 0.286. The number of nitrogens with one attached hydrogen (secondary N) is 1. The van der Waals surface area contributed by atoms with Crippen LogP contribution in [0.1, 0.15) is 16.2 Å². The van der Waals surface area contributed by atoms with Crippen molar-refractivity contribution in [1.82, 2.24) is 14.5 Å². The standard InChI is InChI=1S/C21H23N5O3/c1-25-9-8-22-20(25)15-29-18-5-3-17(4-6-18)24-21(27)16-2-7-19(23-14-16)26-10-12-28-13-11-26/h2-9,14H,10-13,15H2,1H3,(H,24,27). The molecule has 0 saturated carbocycles. The van der Waals surface area contributed by atoms with Gasteiger partial charge in [0.15, 0.2) is 0 Å². The first-order valence-electron chi connectivity index (χ1n) is 9.48. The molecule has 0 spiro atoms. The number of ether oxygens (including phenoxy) is 2. The van der Waals surface area contributed by atoms with E-state index in [1.165, 1.54) is 0 Å². The third-order valence-corrected chi connectivity index (χ3v) is 4.75. The maximum Gasteiger partial charge on any atom is 0.257 e. The minimum absolute atomic E-state index is 0.201. The van der Waals surface area contributed by atoms with Crippen LogP contribution in [0.15, 0.2) is 55.0 Å². The van der Waals surface area contributed by atoms with E-state index in [9.17, 15) is 4.79 Å². The summed E-state index contributed by atoms with van der Waals surface area (Å²) < 4.78 is 13.0. The van der Waals surface area contributed by atoms with E-state index in [2.05, 4.69) is 20.2 Å². The average Bonchev–Trinajstić information content (AvgIpc) is 3.18. The van der Waals surface area contributed by atoms with E-state index in [0.717, 1.165) is 24.7 Å². The summed E-state index contributed by atoms with van der Waals surface area (Å²) in [6.07, 6.45) is 5.21. The molecule has 3 heterocycles. The molecule has 8 nitrogen and oxygen atoms in total. The molecule has 2 aromatic heterocycles. The van der Waals surface area contributed by atoms with Crippen molar-refractivity contribution in [3.63, 3.8) is 0 Å². The summed E-state index contributed by atoms with van der Waals surface area (Å²) in [6.45, 7) is 3.41. The van der Waals surface area contributed by atoms with Gasteiger partial charge in [-0.05, 0) is 36.4 Å². The van der Waals surface area contributed by atoms with Gasteiger partial charge >= 0.3 is 0 Å². The summed E-state index contributed by atoms with van der Waals surface area (Å²) in [7, 11) is 1.92. The van der Waals surface area contributed by atoms with Gasteiger partial charge in [-0.25, -0.2) is 9.97 Å². The zero-order valence-corrected chi connectivity index (χ0v) is 16.2. The lowest BCUT2D eigenvalue weighted by Crippen LogP contribution is -2.36. The summed E-state index contributed by atoms with van der Waals surface area (Å²) in [5.41, 5.74) is 1.20. The van der Waals surface area contributed by atoms with E-state index in [1.54, 1.807) is 30.6 Å². The van der Waals surface area contributed by atoms with E-state index in [4.69, 9.17) is 9.47 Å². The number of aromatic nitrogens is 3. The number of amides is 1. The molecule has 150 valence electrons. The first-order valence-corrected chi connectivity index (χ1v) is 9.48. The Morgan fingerprint density at radius 1 is 1.14 bits per heavy atom. The minimum Gasteiger partial charge on any atom is -0.486 e. The Hall–Kier alpha value is -3.39. The second kappa shape index (κ2) is 8.74. The SMILES string of the molecule is Cn1ccnc1COc1ccc(NC(=O)c2ccc(N3CCOCC3)nc2)cc1. The Labute approximate surface area is 169 Å². The molecule has 1 aromatic carbocycles. The molecule has 1 amide bonds. The van der Waals surface area contributed by atoms with E-state index in [-0.39, 0.29) is 5.91 Å². The smallest absolute Gasteiger partial charge is 0.257 e. The fourth-order valence-corrected chi connectivity index (χ4v) is 3.02. The zero-order chi connectivity index (χ0) is 20.1. The minimum atomic E-state index is -0.201. The Morgan fingerprint density at radius 3 is 2.59 bits per heavy atom. The number of imidazole rings is 1. The van der Waals surface area contributed by atoms with Crippen molar-refractivity contribution >= 4 is 17.4 Å². The quantitative estimate of drug-likeness (QED) is 0.693. The number of nitrogens with zero attached hydrogens (tertiary/aromatic N) is 4. The molecular weight excluding hydrogens is 370 g/mol. The number of carbonyl (C=O) groups excluding carboxylic acids is 1. The van der Waals surface area contributed by atoms with Crippen molar-refractivity contribution in [1.29, 1.82) is 0 Å². The molecule has 1 N–H and O–H groups in total. The molecule has 0 bridgehead atoms. The van der Waals surface area contributed by atoms with Crippen molar-refractivity contribution in [3.05, 3.63) is 66.4 Å². The molecule has 0 aliphatic carbocycles. The first kappa shape index (κ1) is 18.9. The molecule has 0 atom stereocenters. The van der Waals surface area contributed by atoms with Crippen molar-refractivity contribution in [2.24, 2.45) is 7.05 Å². The first-order chi connectivity index (χ1) is 14.2. The lowest BCUT2D eigenvalue weighted by Gasteiger charge is -2.27. The number of carbonyl (C=O) groups is 1. The Balaban J connectivity index is 1.32. The second-order valence-electron chi connectivity index (χ2n) is 6.73. The highest BCUT2D eigenvalue weighted by Gasteiger charge is 2.13. The predicted molar refractivity (Wildman–Crippen MR) is 109 cm³/mol. The molecule has 8 heteroatoms. The molecule has 0 unspecified atom stereocenters. The van der Waals surface area contributed by atoms with E-state index >= 15 is 0 Å². The summed E-state index contributed by atoms with van der Waals surface area (Å²) in [4.78, 5) is 23.3. The highest BCUT2D eigenvalue weighted by molar-refractivity contribution is 6.04. The van der Waals surface area contributed by atoms with Gasteiger partial charge in [0.2, 0.25) is 0 Å². The van der Waals surface area contributed by atoms with Crippen LogP contribution in [0.3, 0.4) is 0 Å². The topological polar surface area (TPSA) is 81.5 Å². The lowest BCUT2D eigenvalue weighted by molar-refractivity contribution is 0.102. The summed E-state index contributed by atoms with van der Waals surface area (Å²) >= 11 is 0. The van der Waals surface area contributed by atoms with Gasteiger partial charge in [0.25, 0.3) is 5.91 Å². The monoisotopic (exact) mass is 393 g/mol. The van der Waals surface area contributed by atoms with Crippen LogP contribution in [-0.2, 0) is 18.4 Å². The molecular formula is C21H23N5O3.